The van der Waals surface area contributed by atoms with Crippen LogP contribution in [0.5, 0.6) is 0 Å². The van der Waals surface area contributed by atoms with Gasteiger partial charge in [0.2, 0.25) is 0 Å². The monoisotopic (exact) mass is 308 g/mol. The van der Waals surface area contributed by atoms with Crippen LogP contribution < -0.4 is 5.73 Å². The molecule has 1 aliphatic heterocycles. The Labute approximate surface area is 135 Å². The Morgan fingerprint density at radius 1 is 1.17 bits per heavy atom. The summed E-state index contributed by atoms with van der Waals surface area (Å²) in [6.07, 6.45) is 2.30. The summed E-state index contributed by atoms with van der Waals surface area (Å²) in [6, 6.07) is 12.4. The van der Waals surface area contributed by atoms with E-state index in [-0.39, 0.29) is 0 Å². The maximum absolute atomic E-state index is 5.62. The highest BCUT2D eigenvalue weighted by Gasteiger charge is 2.30. The maximum Gasteiger partial charge on any atom is 0.146 e. The molecule has 0 aliphatic carbocycles. The van der Waals surface area contributed by atoms with Gasteiger partial charge in [-0.25, -0.2) is 4.98 Å². The molecular formula is C17H20N6. The normalized spacial score (nSPS) is 18.7. The second-order valence-corrected chi connectivity index (χ2v) is 6.10. The van der Waals surface area contributed by atoms with Crippen LogP contribution in [0.15, 0.2) is 36.4 Å². The number of aromatic nitrogens is 4. The van der Waals surface area contributed by atoms with Gasteiger partial charge in [-0.05, 0) is 43.7 Å². The van der Waals surface area contributed by atoms with Crippen LogP contribution in [0, 0.1) is 0 Å². The topological polar surface area (TPSA) is 72.9 Å². The number of nitrogens with two attached hydrogens (primary N) is 1. The van der Waals surface area contributed by atoms with Crippen molar-refractivity contribution < 1.29 is 0 Å². The summed E-state index contributed by atoms with van der Waals surface area (Å²) in [5, 5.41) is 8.14. The Kier molecular flexibility index (Phi) is 3.46. The van der Waals surface area contributed by atoms with Crippen LogP contribution in [0.25, 0.3) is 11.0 Å². The lowest BCUT2D eigenvalue weighted by Crippen LogP contribution is -2.25. The highest BCUT2D eigenvalue weighted by atomic mass is 15.2. The molecule has 0 radical (unpaired) electrons. The molecule has 1 aromatic carbocycles. The van der Waals surface area contributed by atoms with Gasteiger partial charge in [0.25, 0.3) is 0 Å². The van der Waals surface area contributed by atoms with Crippen molar-refractivity contribution >= 4 is 16.9 Å². The molecule has 1 fully saturated rings. The van der Waals surface area contributed by atoms with Crippen molar-refractivity contribution in [3.05, 3.63) is 47.9 Å². The fraction of sp³-hybridized carbons (Fsp3) is 0.353. The van der Waals surface area contributed by atoms with Crippen molar-refractivity contribution in [2.45, 2.75) is 25.4 Å². The summed E-state index contributed by atoms with van der Waals surface area (Å²) in [5.74, 6) is 1.59. The van der Waals surface area contributed by atoms with Crippen molar-refractivity contribution in [2.75, 3.05) is 12.3 Å². The van der Waals surface area contributed by atoms with Gasteiger partial charge in [0.05, 0.1) is 22.8 Å². The lowest BCUT2D eigenvalue weighted by Gasteiger charge is -2.23. The van der Waals surface area contributed by atoms with Crippen LogP contribution in [-0.4, -0.2) is 31.2 Å². The van der Waals surface area contributed by atoms with Gasteiger partial charge in [0.1, 0.15) is 11.6 Å². The number of hydrogen-bond acceptors (Lipinski definition) is 5. The van der Waals surface area contributed by atoms with E-state index in [2.05, 4.69) is 44.9 Å². The third-order valence-electron chi connectivity index (χ3n) is 4.59. The molecule has 4 rings (SSSR count). The molecule has 2 N–H and O–H groups in total. The van der Waals surface area contributed by atoms with Gasteiger partial charge < -0.3 is 10.3 Å². The average molecular weight is 308 g/mol. The molecule has 3 aromatic rings. The van der Waals surface area contributed by atoms with Crippen LogP contribution in [0.1, 0.15) is 30.4 Å². The van der Waals surface area contributed by atoms with Gasteiger partial charge in [-0.2, -0.15) is 5.10 Å². The summed E-state index contributed by atoms with van der Waals surface area (Å²) in [4.78, 5) is 7.30. The maximum atomic E-state index is 5.62. The molecule has 0 amide bonds. The molecule has 1 saturated heterocycles. The van der Waals surface area contributed by atoms with Gasteiger partial charge in [-0.3, -0.25) is 4.90 Å². The van der Waals surface area contributed by atoms with E-state index in [9.17, 15) is 0 Å². The van der Waals surface area contributed by atoms with Crippen LogP contribution >= 0.6 is 0 Å². The number of para-hydroxylation sites is 2. The smallest absolute Gasteiger partial charge is 0.146 e. The Hall–Kier alpha value is -2.47. The first-order chi connectivity index (χ1) is 11.2. The summed E-state index contributed by atoms with van der Waals surface area (Å²) in [5.41, 5.74) is 8.81. The van der Waals surface area contributed by atoms with Gasteiger partial charge in [-0.1, -0.05) is 12.1 Å². The van der Waals surface area contributed by atoms with Gasteiger partial charge in [-0.15, -0.1) is 5.10 Å². The molecule has 6 nitrogen and oxygen atoms in total. The molecule has 2 aromatic heterocycles. The van der Waals surface area contributed by atoms with Crippen molar-refractivity contribution in [3.8, 4) is 0 Å². The molecule has 23 heavy (non-hydrogen) atoms. The molecule has 0 saturated carbocycles. The second kappa shape index (κ2) is 5.62. The number of benzene rings is 1. The number of imidazole rings is 1. The van der Waals surface area contributed by atoms with E-state index in [1.165, 1.54) is 11.9 Å². The number of hydrogen-bond donors (Lipinski definition) is 1. The SMILES string of the molecule is Cn1c(C2CCCN2Cc2ccc(N)nn2)nc2ccccc21. The Morgan fingerprint density at radius 3 is 2.83 bits per heavy atom. The number of aryl methyl sites for hydroxylation is 1. The molecule has 3 heterocycles. The Bertz CT molecular complexity index is 823. The van der Waals surface area contributed by atoms with Crippen LogP contribution in [0.2, 0.25) is 0 Å². The predicted molar refractivity (Wildman–Crippen MR) is 89.5 cm³/mol. The van der Waals surface area contributed by atoms with Crippen molar-refractivity contribution in [3.63, 3.8) is 0 Å². The molecule has 1 atom stereocenters. The predicted octanol–water partition coefficient (Wildman–Crippen LogP) is 2.28. The lowest BCUT2D eigenvalue weighted by molar-refractivity contribution is 0.233. The van der Waals surface area contributed by atoms with Crippen LogP contribution in [0.3, 0.4) is 0 Å². The zero-order valence-electron chi connectivity index (χ0n) is 13.2. The number of rotatable bonds is 3. The fourth-order valence-electron chi connectivity index (χ4n) is 3.43. The molecule has 6 heteroatoms. The first kappa shape index (κ1) is 14.1. The minimum atomic E-state index is 0.326. The standard InChI is InChI=1S/C17H20N6/c1-22-14-6-3-2-5-13(14)19-17(22)15-7-4-10-23(15)11-12-8-9-16(18)21-20-12/h2-3,5-6,8-9,15H,4,7,10-11H2,1H3,(H2,18,21). The summed E-state index contributed by atoms with van der Waals surface area (Å²) >= 11 is 0. The highest BCUT2D eigenvalue weighted by Crippen LogP contribution is 2.33. The van der Waals surface area contributed by atoms with Crippen LogP contribution in [0.4, 0.5) is 5.82 Å². The average Bonchev–Trinajstić information content (AvgIpc) is 3.14. The quantitative estimate of drug-likeness (QED) is 0.803. The summed E-state index contributed by atoms with van der Waals surface area (Å²) in [6.45, 7) is 1.83. The second-order valence-electron chi connectivity index (χ2n) is 6.10. The largest absolute Gasteiger partial charge is 0.382 e. The third-order valence-corrected chi connectivity index (χ3v) is 4.59. The van der Waals surface area contributed by atoms with E-state index in [4.69, 9.17) is 10.7 Å². The molecule has 118 valence electrons. The van der Waals surface area contributed by atoms with Gasteiger partial charge >= 0.3 is 0 Å². The number of fused-ring (bicyclic) bond motifs is 1. The number of likely N-dealkylation sites (tertiary alicyclic amines) is 1. The van der Waals surface area contributed by atoms with E-state index >= 15 is 0 Å². The zero-order chi connectivity index (χ0) is 15.8. The third kappa shape index (κ3) is 2.55. The summed E-state index contributed by atoms with van der Waals surface area (Å²) < 4.78 is 2.22. The molecule has 1 aliphatic rings. The lowest BCUT2D eigenvalue weighted by atomic mass is 10.2. The van der Waals surface area contributed by atoms with Crippen molar-refractivity contribution in [1.82, 2.24) is 24.6 Å². The number of nitrogens with zero attached hydrogens (tertiary/aromatic N) is 5. The number of nitrogen functional groups attached to an aromatic ring is 1. The highest BCUT2D eigenvalue weighted by molar-refractivity contribution is 5.75. The number of anilines is 1. The van der Waals surface area contributed by atoms with E-state index < -0.39 is 0 Å². The molecule has 1 unspecified atom stereocenters. The van der Waals surface area contributed by atoms with E-state index in [0.717, 1.165) is 36.5 Å². The molecular weight excluding hydrogens is 288 g/mol. The molecule has 0 spiro atoms. The van der Waals surface area contributed by atoms with Gasteiger partial charge in [0.15, 0.2) is 0 Å². The van der Waals surface area contributed by atoms with Crippen molar-refractivity contribution in [2.24, 2.45) is 7.05 Å². The molecule has 0 bridgehead atoms. The zero-order valence-corrected chi connectivity index (χ0v) is 13.2. The first-order valence-electron chi connectivity index (χ1n) is 7.96. The summed E-state index contributed by atoms with van der Waals surface area (Å²) in [7, 11) is 2.10. The van der Waals surface area contributed by atoms with E-state index in [1.807, 2.05) is 18.2 Å². The Morgan fingerprint density at radius 2 is 2.04 bits per heavy atom. The minimum Gasteiger partial charge on any atom is -0.382 e. The van der Waals surface area contributed by atoms with E-state index in [1.54, 1.807) is 0 Å². The van der Waals surface area contributed by atoms with E-state index in [0.29, 0.717) is 11.9 Å². The van der Waals surface area contributed by atoms with Crippen LogP contribution in [-0.2, 0) is 13.6 Å². The Balaban J connectivity index is 1.64. The fourth-order valence-corrected chi connectivity index (χ4v) is 3.43. The first-order valence-corrected chi connectivity index (χ1v) is 7.96. The van der Waals surface area contributed by atoms with Crippen molar-refractivity contribution in [1.29, 1.82) is 0 Å². The van der Waals surface area contributed by atoms with Gasteiger partial charge in [0, 0.05) is 13.6 Å². The minimum absolute atomic E-state index is 0.326.